The number of amides is 2. The van der Waals surface area contributed by atoms with Gasteiger partial charge in [0, 0.05) is 25.2 Å². The standard InChI is InChI=1S/C15H13Cl2N3O2.C14H13ClN6O5S/c1-2-7-22-13-9-12(10(16)8-11(13)17)20-15(21)19-6-4-3-5-14(19)18-20;1-25-9-7-10(26-2)18-13(17-9)19-14(22)20-27(23,24)12-11(15)16-8-5-3-4-6-21(8)12/h1,8-9H,3-7H2;3-7H,1-2H3,(H2,17,18,19,20,22). The molecule has 0 atom stereocenters. The summed E-state index contributed by atoms with van der Waals surface area (Å²) in [6.07, 6.45) is 9.43. The quantitative estimate of drug-likeness (QED) is 0.219. The van der Waals surface area contributed by atoms with Crippen molar-refractivity contribution in [2.24, 2.45) is 0 Å². The van der Waals surface area contributed by atoms with Crippen LogP contribution in [0.1, 0.15) is 18.7 Å². The molecular formula is C29H26Cl3N9O7S. The Bertz CT molecular complexity index is 2230. The molecule has 2 N–H and O–H groups in total. The maximum Gasteiger partial charge on any atom is 0.350 e. The first-order chi connectivity index (χ1) is 23.4. The fraction of sp³-hybridized carbons (Fsp3) is 0.241. The van der Waals surface area contributed by atoms with Crippen LogP contribution in [0.4, 0.5) is 10.7 Å². The van der Waals surface area contributed by atoms with Crippen molar-refractivity contribution in [3.05, 3.63) is 74.1 Å². The van der Waals surface area contributed by atoms with Gasteiger partial charge in [-0.05, 0) is 31.0 Å². The van der Waals surface area contributed by atoms with Gasteiger partial charge in [-0.15, -0.1) is 11.5 Å². The average Bonchev–Trinajstić information content (AvgIpc) is 3.60. The van der Waals surface area contributed by atoms with Crippen molar-refractivity contribution in [3.63, 3.8) is 0 Å². The van der Waals surface area contributed by atoms with Gasteiger partial charge in [-0.1, -0.05) is 46.8 Å². The number of urea groups is 1. The summed E-state index contributed by atoms with van der Waals surface area (Å²) in [5.74, 6) is 3.52. The normalized spacial score (nSPS) is 12.2. The zero-order valence-corrected chi connectivity index (χ0v) is 28.8. The summed E-state index contributed by atoms with van der Waals surface area (Å²) < 4.78 is 46.4. The van der Waals surface area contributed by atoms with E-state index >= 15 is 0 Å². The predicted octanol–water partition coefficient (Wildman–Crippen LogP) is 3.99. The van der Waals surface area contributed by atoms with Crippen LogP contribution in [0.25, 0.3) is 11.3 Å². The van der Waals surface area contributed by atoms with Crippen LogP contribution in [0.3, 0.4) is 0 Å². The van der Waals surface area contributed by atoms with Crippen LogP contribution in [0.5, 0.6) is 17.5 Å². The zero-order valence-electron chi connectivity index (χ0n) is 25.7. The molecule has 4 aromatic heterocycles. The number of halogens is 3. The van der Waals surface area contributed by atoms with Gasteiger partial charge in [0.2, 0.25) is 17.7 Å². The lowest BCUT2D eigenvalue weighted by Crippen LogP contribution is -2.35. The van der Waals surface area contributed by atoms with Crippen molar-refractivity contribution < 1.29 is 27.4 Å². The van der Waals surface area contributed by atoms with Gasteiger partial charge in [-0.3, -0.25) is 14.3 Å². The van der Waals surface area contributed by atoms with Crippen LogP contribution in [0.2, 0.25) is 15.2 Å². The van der Waals surface area contributed by atoms with Crippen LogP contribution >= 0.6 is 34.8 Å². The number of methoxy groups -OCH3 is 2. The number of benzene rings is 1. The second kappa shape index (κ2) is 15.0. The first-order valence-electron chi connectivity index (χ1n) is 14.1. The Labute approximate surface area is 293 Å². The summed E-state index contributed by atoms with van der Waals surface area (Å²) in [7, 11) is -1.61. The third kappa shape index (κ3) is 7.84. The maximum absolute atomic E-state index is 12.6. The molecule has 1 aliphatic rings. The molecule has 0 spiro atoms. The number of sulfonamides is 1. The summed E-state index contributed by atoms with van der Waals surface area (Å²) in [4.78, 5) is 36.3. The van der Waals surface area contributed by atoms with Crippen LogP contribution < -0.4 is 29.9 Å². The van der Waals surface area contributed by atoms with Crippen molar-refractivity contribution in [1.29, 1.82) is 0 Å². The number of nitrogens with zero attached hydrogens (tertiary/aromatic N) is 7. The van der Waals surface area contributed by atoms with E-state index in [1.807, 2.05) is 4.72 Å². The Kier molecular flexibility index (Phi) is 10.8. The highest BCUT2D eigenvalue weighted by Gasteiger charge is 2.27. The number of aromatic nitrogens is 7. The number of pyridine rings is 1. The molecule has 1 aromatic carbocycles. The summed E-state index contributed by atoms with van der Waals surface area (Å²) in [6, 6.07) is 8.23. The van der Waals surface area contributed by atoms with Gasteiger partial charge in [0.25, 0.3) is 10.0 Å². The molecule has 20 heteroatoms. The second-order valence-electron chi connectivity index (χ2n) is 9.92. The molecule has 5 heterocycles. The van der Waals surface area contributed by atoms with E-state index in [9.17, 15) is 18.0 Å². The average molecular weight is 751 g/mol. The summed E-state index contributed by atoms with van der Waals surface area (Å²) >= 11 is 18.2. The Hall–Kier alpha value is -5.02. The minimum atomic E-state index is -4.34. The molecule has 0 bridgehead atoms. The van der Waals surface area contributed by atoms with Gasteiger partial charge in [0.1, 0.15) is 23.8 Å². The number of ether oxygens (including phenoxy) is 3. The minimum absolute atomic E-state index is 0.0788. The number of aryl methyl sites for hydroxylation is 1. The molecule has 256 valence electrons. The van der Waals surface area contributed by atoms with Crippen molar-refractivity contribution in [3.8, 4) is 35.5 Å². The highest BCUT2D eigenvalue weighted by atomic mass is 35.5. The molecule has 2 amide bonds. The summed E-state index contributed by atoms with van der Waals surface area (Å²) in [6.45, 7) is 0.759. The maximum atomic E-state index is 12.6. The number of imidazole rings is 1. The van der Waals surface area contributed by atoms with Gasteiger partial charge < -0.3 is 14.2 Å². The Balaban J connectivity index is 0.000000195. The Morgan fingerprint density at radius 1 is 1.04 bits per heavy atom. The lowest BCUT2D eigenvalue weighted by Gasteiger charge is -2.09. The Morgan fingerprint density at radius 3 is 2.45 bits per heavy atom. The molecule has 5 aromatic rings. The van der Waals surface area contributed by atoms with Gasteiger partial charge >= 0.3 is 11.7 Å². The van der Waals surface area contributed by atoms with Crippen LogP contribution in [0, 0.1) is 12.3 Å². The zero-order chi connectivity index (χ0) is 35.3. The van der Waals surface area contributed by atoms with E-state index in [-0.39, 0.29) is 40.2 Å². The lowest BCUT2D eigenvalue weighted by atomic mass is 10.2. The van der Waals surface area contributed by atoms with E-state index < -0.39 is 16.1 Å². The van der Waals surface area contributed by atoms with Crippen LogP contribution in [-0.2, 0) is 23.0 Å². The Morgan fingerprint density at radius 2 is 1.78 bits per heavy atom. The van der Waals surface area contributed by atoms with Crippen LogP contribution in [0.15, 0.2) is 52.4 Å². The van der Waals surface area contributed by atoms with Crippen LogP contribution in [-0.4, -0.2) is 69.0 Å². The topological polar surface area (TPSA) is 186 Å². The lowest BCUT2D eigenvalue weighted by molar-refractivity contribution is 0.256. The number of fused-ring (bicyclic) bond motifs is 2. The second-order valence-corrected chi connectivity index (χ2v) is 12.7. The third-order valence-electron chi connectivity index (χ3n) is 6.76. The van der Waals surface area contributed by atoms with E-state index in [0.29, 0.717) is 33.7 Å². The van der Waals surface area contributed by atoms with E-state index in [1.165, 1.54) is 41.6 Å². The monoisotopic (exact) mass is 749 g/mol. The smallest absolute Gasteiger partial charge is 0.350 e. The minimum Gasteiger partial charge on any atom is -0.481 e. The number of hydrogen-bond acceptors (Lipinski definition) is 11. The number of rotatable bonds is 8. The molecule has 0 saturated carbocycles. The first-order valence-corrected chi connectivity index (χ1v) is 16.7. The van der Waals surface area contributed by atoms with E-state index in [0.717, 1.165) is 25.1 Å². The highest BCUT2D eigenvalue weighted by Crippen LogP contribution is 2.33. The molecule has 0 unspecified atom stereocenters. The summed E-state index contributed by atoms with van der Waals surface area (Å²) in [5.41, 5.74) is 0.538. The number of nitrogens with one attached hydrogen (secondary N) is 2. The number of anilines is 1. The molecule has 49 heavy (non-hydrogen) atoms. The van der Waals surface area contributed by atoms with Gasteiger partial charge in [0.05, 0.1) is 36.0 Å². The van der Waals surface area contributed by atoms with Crippen molar-refractivity contribution in [1.82, 2.24) is 38.4 Å². The fourth-order valence-corrected chi connectivity index (χ4v) is 6.69. The van der Waals surface area contributed by atoms with E-state index in [2.05, 4.69) is 31.3 Å². The first kappa shape index (κ1) is 35.3. The van der Waals surface area contributed by atoms with Crippen molar-refractivity contribution in [2.75, 3.05) is 26.1 Å². The van der Waals surface area contributed by atoms with Gasteiger partial charge in [-0.25, -0.2) is 19.3 Å². The molecule has 6 rings (SSSR count). The number of carbonyl (C=O) groups excluding carboxylic acids is 1. The SMILES string of the molecule is C#CCOc1cc(-n2nc3n(c2=O)CCCC3)c(Cl)cc1Cl.COc1cc(OC)nc(NC(=O)NS(=O)(=O)c2c(Cl)nc3ccccn23)n1. The van der Waals surface area contributed by atoms with Crippen molar-refractivity contribution >= 4 is 62.5 Å². The number of terminal acetylenes is 1. The highest BCUT2D eigenvalue weighted by molar-refractivity contribution is 7.90. The largest absolute Gasteiger partial charge is 0.481 e. The molecule has 16 nitrogen and oxygen atoms in total. The van der Waals surface area contributed by atoms with E-state index in [1.54, 1.807) is 28.8 Å². The fourth-order valence-electron chi connectivity index (χ4n) is 4.62. The molecular weight excluding hydrogens is 725 g/mol. The molecule has 0 aliphatic carbocycles. The number of carbonyl (C=O) groups is 1. The van der Waals surface area contributed by atoms with Gasteiger partial charge in [-0.2, -0.15) is 23.1 Å². The summed E-state index contributed by atoms with van der Waals surface area (Å²) in [5, 5.41) is 6.58. The molecule has 0 radical (unpaired) electrons. The molecule has 1 aliphatic heterocycles. The van der Waals surface area contributed by atoms with E-state index in [4.69, 9.17) is 55.4 Å². The molecule has 0 saturated heterocycles. The predicted molar refractivity (Wildman–Crippen MR) is 180 cm³/mol. The molecule has 0 fully saturated rings. The third-order valence-corrected chi connectivity index (χ3v) is 9.09. The van der Waals surface area contributed by atoms with Gasteiger partial charge in [0.15, 0.2) is 10.2 Å². The van der Waals surface area contributed by atoms with Crippen molar-refractivity contribution in [2.45, 2.75) is 30.8 Å². The number of hydrogen-bond donors (Lipinski definition) is 2.